The average Bonchev–Trinajstić information content (AvgIpc) is 2.35. The van der Waals surface area contributed by atoms with Gasteiger partial charge in [0.05, 0.1) is 6.61 Å². The molecule has 0 aliphatic rings. The van der Waals surface area contributed by atoms with Crippen LogP contribution in [0.25, 0.3) is 0 Å². The molecule has 0 saturated carbocycles. The predicted octanol–water partition coefficient (Wildman–Crippen LogP) is 1.88. The maximum Gasteiger partial charge on any atom is 0.435 e. The van der Waals surface area contributed by atoms with Crippen LogP contribution >= 0.6 is 0 Å². The Morgan fingerprint density at radius 2 is 2.00 bits per heavy atom. The van der Waals surface area contributed by atoms with Gasteiger partial charge in [-0.15, -0.1) is 10.2 Å². The number of aromatic nitrogens is 2. The highest BCUT2D eigenvalue weighted by molar-refractivity contribution is 5.75. The fraction of sp³-hybridized carbons (Fsp3) is 0.545. The Morgan fingerprint density at radius 1 is 1.32 bits per heavy atom. The number of esters is 1. The maximum atomic E-state index is 12.3. The van der Waals surface area contributed by atoms with Crippen LogP contribution in [0.5, 0.6) is 0 Å². The van der Waals surface area contributed by atoms with Gasteiger partial charge in [0, 0.05) is 6.54 Å². The van der Waals surface area contributed by atoms with E-state index in [-0.39, 0.29) is 19.0 Å². The Bertz CT molecular complexity index is 420. The van der Waals surface area contributed by atoms with Gasteiger partial charge < -0.3 is 9.64 Å². The smallest absolute Gasteiger partial charge is 0.435 e. The number of carbonyl (C=O) groups excluding carboxylic acids is 1. The molecule has 1 aromatic heterocycles. The van der Waals surface area contributed by atoms with Crippen LogP contribution in [0.15, 0.2) is 12.1 Å². The summed E-state index contributed by atoms with van der Waals surface area (Å²) in [6.45, 7) is 3.99. The summed E-state index contributed by atoms with van der Waals surface area (Å²) in [4.78, 5) is 12.8. The molecule has 106 valence electrons. The van der Waals surface area contributed by atoms with E-state index in [1.165, 1.54) is 11.0 Å². The van der Waals surface area contributed by atoms with Crippen LogP contribution in [-0.4, -0.2) is 35.9 Å². The first kappa shape index (κ1) is 15.2. The Balaban J connectivity index is 2.79. The van der Waals surface area contributed by atoms with E-state index in [0.29, 0.717) is 6.54 Å². The third-order valence-corrected chi connectivity index (χ3v) is 2.27. The summed E-state index contributed by atoms with van der Waals surface area (Å²) in [7, 11) is 0. The Kier molecular flexibility index (Phi) is 5.08. The van der Waals surface area contributed by atoms with Crippen molar-refractivity contribution < 1.29 is 22.7 Å². The Hall–Kier alpha value is -1.86. The van der Waals surface area contributed by atoms with Gasteiger partial charge in [0.15, 0.2) is 11.5 Å². The first-order chi connectivity index (χ1) is 8.88. The second kappa shape index (κ2) is 6.35. The van der Waals surface area contributed by atoms with Crippen molar-refractivity contribution in [3.8, 4) is 0 Å². The molecular weight excluding hydrogens is 263 g/mol. The van der Waals surface area contributed by atoms with Crippen molar-refractivity contribution in [3.05, 3.63) is 17.8 Å². The third kappa shape index (κ3) is 4.38. The number of rotatable bonds is 5. The predicted molar refractivity (Wildman–Crippen MR) is 61.6 cm³/mol. The number of carbonyl (C=O) groups is 1. The van der Waals surface area contributed by atoms with E-state index in [4.69, 9.17) is 4.74 Å². The van der Waals surface area contributed by atoms with Gasteiger partial charge in [-0.05, 0) is 26.0 Å². The molecule has 0 aromatic carbocycles. The van der Waals surface area contributed by atoms with Crippen molar-refractivity contribution >= 4 is 11.8 Å². The van der Waals surface area contributed by atoms with E-state index in [2.05, 4.69) is 10.2 Å². The highest BCUT2D eigenvalue weighted by atomic mass is 19.4. The Labute approximate surface area is 108 Å². The summed E-state index contributed by atoms with van der Waals surface area (Å²) in [5.74, 6) is -0.269. The molecule has 0 amide bonds. The van der Waals surface area contributed by atoms with Crippen LogP contribution in [0, 0.1) is 0 Å². The quantitative estimate of drug-likeness (QED) is 0.769. The first-order valence-electron chi connectivity index (χ1n) is 5.70. The molecule has 5 nitrogen and oxygen atoms in total. The number of halogens is 3. The lowest BCUT2D eigenvalue weighted by Gasteiger charge is -2.20. The van der Waals surface area contributed by atoms with Gasteiger partial charge in [-0.3, -0.25) is 4.79 Å². The molecule has 0 aliphatic heterocycles. The molecule has 0 N–H and O–H groups in total. The van der Waals surface area contributed by atoms with Crippen LogP contribution in [0.4, 0.5) is 19.0 Å². The van der Waals surface area contributed by atoms with Crippen LogP contribution < -0.4 is 4.90 Å². The zero-order valence-corrected chi connectivity index (χ0v) is 10.6. The number of hydrogen-bond acceptors (Lipinski definition) is 5. The van der Waals surface area contributed by atoms with Crippen molar-refractivity contribution in [3.63, 3.8) is 0 Å². The van der Waals surface area contributed by atoms with Gasteiger partial charge >= 0.3 is 12.1 Å². The number of anilines is 1. The van der Waals surface area contributed by atoms with E-state index >= 15 is 0 Å². The van der Waals surface area contributed by atoms with Crippen LogP contribution in [-0.2, 0) is 15.7 Å². The SMILES string of the molecule is CCOC(=O)CN(CC)c1ccc(C(F)(F)F)nn1. The second-order valence-corrected chi connectivity index (χ2v) is 3.59. The van der Waals surface area contributed by atoms with E-state index < -0.39 is 17.8 Å². The topological polar surface area (TPSA) is 55.3 Å². The van der Waals surface area contributed by atoms with Gasteiger partial charge in [-0.25, -0.2) is 0 Å². The van der Waals surface area contributed by atoms with Gasteiger partial charge in [-0.2, -0.15) is 13.2 Å². The molecule has 0 fully saturated rings. The standard InChI is InChI=1S/C11H14F3N3O2/c1-3-17(7-10(18)19-4-2)9-6-5-8(15-16-9)11(12,13)14/h5-6H,3-4,7H2,1-2H3. The van der Waals surface area contributed by atoms with Crippen LogP contribution in [0.2, 0.25) is 0 Å². The van der Waals surface area contributed by atoms with Crippen LogP contribution in [0.1, 0.15) is 19.5 Å². The van der Waals surface area contributed by atoms with Crippen molar-refractivity contribution in [2.45, 2.75) is 20.0 Å². The molecule has 0 radical (unpaired) electrons. The summed E-state index contributed by atoms with van der Waals surface area (Å²) >= 11 is 0. The van der Waals surface area contributed by atoms with E-state index in [1.807, 2.05) is 0 Å². The molecule has 0 atom stereocenters. The molecular formula is C11H14F3N3O2. The summed E-state index contributed by atoms with van der Waals surface area (Å²) in [5, 5.41) is 6.58. The molecule has 8 heteroatoms. The maximum absolute atomic E-state index is 12.3. The summed E-state index contributed by atoms with van der Waals surface area (Å²) in [6.07, 6.45) is -4.52. The van der Waals surface area contributed by atoms with E-state index in [9.17, 15) is 18.0 Å². The summed E-state index contributed by atoms with van der Waals surface area (Å²) in [5.41, 5.74) is -1.07. The molecule has 0 unspecified atom stereocenters. The molecule has 1 heterocycles. The van der Waals surface area contributed by atoms with Gasteiger partial charge in [0.2, 0.25) is 0 Å². The van der Waals surface area contributed by atoms with Crippen molar-refractivity contribution in [2.24, 2.45) is 0 Å². The highest BCUT2D eigenvalue weighted by Gasteiger charge is 2.33. The lowest BCUT2D eigenvalue weighted by molar-refractivity contribution is -0.142. The molecule has 0 bridgehead atoms. The normalized spacial score (nSPS) is 11.2. The number of ether oxygens (including phenoxy) is 1. The minimum atomic E-state index is -4.52. The third-order valence-electron chi connectivity index (χ3n) is 2.27. The van der Waals surface area contributed by atoms with Crippen molar-refractivity contribution in [1.29, 1.82) is 0 Å². The molecule has 1 aromatic rings. The van der Waals surface area contributed by atoms with Gasteiger partial charge in [0.25, 0.3) is 0 Å². The minimum absolute atomic E-state index is 0.0790. The minimum Gasteiger partial charge on any atom is -0.465 e. The molecule has 0 aliphatic carbocycles. The second-order valence-electron chi connectivity index (χ2n) is 3.59. The zero-order valence-electron chi connectivity index (χ0n) is 10.6. The number of hydrogen-bond donors (Lipinski definition) is 0. The van der Waals surface area contributed by atoms with Crippen molar-refractivity contribution in [1.82, 2.24) is 10.2 Å². The lowest BCUT2D eigenvalue weighted by atomic mass is 10.3. The molecule has 0 saturated heterocycles. The number of alkyl halides is 3. The van der Waals surface area contributed by atoms with Gasteiger partial charge in [0.1, 0.15) is 6.54 Å². The fourth-order valence-electron chi connectivity index (χ4n) is 1.36. The molecule has 1 rings (SSSR count). The van der Waals surface area contributed by atoms with E-state index in [1.54, 1.807) is 13.8 Å². The highest BCUT2D eigenvalue weighted by Crippen LogP contribution is 2.27. The number of likely N-dealkylation sites (N-methyl/N-ethyl adjacent to an activating group) is 1. The fourth-order valence-corrected chi connectivity index (χ4v) is 1.36. The zero-order chi connectivity index (χ0) is 14.5. The summed E-state index contributed by atoms with van der Waals surface area (Å²) in [6, 6.07) is 2.01. The van der Waals surface area contributed by atoms with Gasteiger partial charge in [-0.1, -0.05) is 0 Å². The summed E-state index contributed by atoms with van der Waals surface area (Å²) < 4.78 is 41.7. The number of nitrogens with zero attached hydrogens (tertiary/aromatic N) is 3. The van der Waals surface area contributed by atoms with Crippen molar-refractivity contribution in [2.75, 3.05) is 24.6 Å². The molecule has 19 heavy (non-hydrogen) atoms. The monoisotopic (exact) mass is 277 g/mol. The first-order valence-corrected chi connectivity index (χ1v) is 5.70. The lowest BCUT2D eigenvalue weighted by Crippen LogP contribution is -2.31. The Morgan fingerprint density at radius 3 is 2.42 bits per heavy atom. The van der Waals surface area contributed by atoms with Crippen LogP contribution in [0.3, 0.4) is 0 Å². The average molecular weight is 277 g/mol. The van der Waals surface area contributed by atoms with E-state index in [0.717, 1.165) is 6.07 Å². The largest absolute Gasteiger partial charge is 0.465 e. The molecule has 0 spiro atoms.